The van der Waals surface area contributed by atoms with Crippen LogP contribution in [0.3, 0.4) is 0 Å². The van der Waals surface area contributed by atoms with Crippen molar-refractivity contribution in [1.82, 2.24) is 10.6 Å². The molecule has 0 aromatic heterocycles. The van der Waals surface area contributed by atoms with Crippen LogP contribution in [0.1, 0.15) is 39.0 Å². The minimum Gasteiger partial charge on any atom is -0.382 e. The van der Waals surface area contributed by atoms with Crippen LogP contribution in [-0.2, 0) is 9.47 Å². The Labute approximate surface area is 116 Å². The molecule has 0 aromatic rings. The van der Waals surface area contributed by atoms with Gasteiger partial charge in [0.05, 0.1) is 12.7 Å². The average Bonchev–Trinajstić information content (AvgIpc) is 2.87. The van der Waals surface area contributed by atoms with Gasteiger partial charge in [0.1, 0.15) is 0 Å². The van der Waals surface area contributed by atoms with Crippen LogP contribution in [-0.4, -0.2) is 44.1 Å². The van der Waals surface area contributed by atoms with Crippen LogP contribution < -0.4 is 10.6 Å². The van der Waals surface area contributed by atoms with Crippen LogP contribution in [0.15, 0.2) is 0 Å². The van der Waals surface area contributed by atoms with Crippen LogP contribution >= 0.6 is 12.2 Å². The van der Waals surface area contributed by atoms with Gasteiger partial charge in [-0.25, -0.2) is 0 Å². The van der Waals surface area contributed by atoms with Gasteiger partial charge in [0.15, 0.2) is 5.11 Å². The van der Waals surface area contributed by atoms with Gasteiger partial charge in [-0.2, -0.15) is 0 Å². The van der Waals surface area contributed by atoms with Crippen molar-refractivity contribution in [3.63, 3.8) is 0 Å². The van der Waals surface area contributed by atoms with Gasteiger partial charge in [0.2, 0.25) is 0 Å². The summed E-state index contributed by atoms with van der Waals surface area (Å²) in [5.41, 5.74) is 0. The summed E-state index contributed by atoms with van der Waals surface area (Å²) in [7, 11) is 0. The molecule has 106 valence electrons. The molecule has 0 atom stereocenters. The van der Waals surface area contributed by atoms with E-state index in [0.717, 1.165) is 39.3 Å². The number of nitrogens with one attached hydrogen (secondary N) is 2. The van der Waals surface area contributed by atoms with E-state index in [2.05, 4.69) is 10.6 Å². The Morgan fingerprint density at radius 3 is 2.61 bits per heavy atom. The van der Waals surface area contributed by atoms with Crippen molar-refractivity contribution < 1.29 is 9.47 Å². The van der Waals surface area contributed by atoms with Gasteiger partial charge in [0.25, 0.3) is 0 Å². The molecule has 0 amide bonds. The minimum atomic E-state index is 0.486. The summed E-state index contributed by atoms with van der Waals surface area (Å²) >= 11 is 5.16. The van der Waals surface area contributed by atoms with E-state index in [1.54, 1.807) is 0 Å². The molecule has 5 heteroatoms. The SMILES string of the molecule is CCOCCCNC(=S)NCCOC1CCCC1. The topological polar surface area (TPSA) is 42.5 Å². The quantitative estimate of drug-likeness (QED) is 0.496. The first kappa shape index (κ1) is 15.7. The third-order valence-electron chi connectivity index (χ3n) is 3.00. The van der Waals surface area contributed by atoms with Gasteiger partial charge in [0, 0.05) is 26.3 Å². The van der Waals surface area contributed by atoms with E-state index in [1.165, 1.54) is 25.7 Å². The van der Waals surface area contributed by atoms with Crippen LogP contribution in [0.4, 0.5) is 0 Å². The molecule has 0 aromatic carbocycles. The lowest BCUT2D eigenvalue weighted by Crippen LogP contribution is -2.38. The van der Waals surface area contributed by atoms with Crippen LogP contribution in [0.25, 0.3) is 0 Å². The van der Waals surface area contributed by atoms with Crippen LogP contribution in [0.5, 0.6) is 0 Å². The zero-order valence-corrected chi connectivity index (χ0v) is 12.2. The number of thiocarbonyl (C=S) groups is 1. The fourth-order valence-corrected chi connectivity index (χ4v) is 2.23. The van der Waals surface area contributed by atoms with Gasteiger partial charge in [-0.1, -0.05) is 12.8 Å². The minimum absolute atomic E-state index is 0.486. The van der Waals surface area contributed by atoms with E-state index in [-0.39, 0.29) is 0 Å². The molecule has 0 aliphatic heterocycles. The summed E-state index contributed by atoms with van der Waals surface area (Å²) in [4.78, 5) is 0. The molecular formula is C13H26N2O2S. The Hall–Kier alpha value is -0.390. The smallest absolute Gasteiger partial charge is 0.166 e. The maximum Gasteiger partial charge on any atom is 0.166 e. The van der Waals surface area contributed by atoms with Crippen LogP contribution in [0, 0.1) is 0 Å². The molecule has 18 heavy (non-hydrogen) atoms. The summed E-state index contributed by atoms with van der Waals surface area (Å²) in [5.74, 6) is 0. The highest BCUT2D eigenvalue weighted by molar-refractivity contribution is 7.80. The monoisotopic (exact) mass is 274 g/mol. The Balaban J connectivity index is 1.84. The number of hydrogen-bond donors (Lipinski definition) is 2. The first-order chi connectivity index (χ1) is 8.83. The fourth-order valence-electron chi connectivity index (χ4n) is 2.03. The van der Waals surface area contributed by atoms with E-state index in [1.807, 2.05) is 6.92 Å². The van der Waals surface area contributed by atoms with Crippen molar-refractivity contribution >= 4 is 17.3 Å². The highest BCUT2D eigenvalue weighted by Crippen LogP contribution is 2.20. The molecule has 1 rings (SSSR count). The molecular weight excluding hydrogens is 248 g/mol. The zero-order valence-electron chi connectivity index (χ0n) is 11.4. The molecule has 1 saturated carbocycles. The molecule has 1 fully saturated rings. The molecule has 0 spiro atoms. The predicted octanol–water partition coefficient (Wildman–Crippen LogP) is 1.84. The molecule has 0 radical (unpaired) electrons. The van der Waals surface area contributed by atoms with Gasteiger partial charge < -0.3 is 20.1 Å². The summed E-state index contributed by atoms with van der Waals surface area (Å²) < 4.78 is 11.0. The number of rotatable bonds is 9. The molecule has 0 unspecified atom stereocenters. The van der Waals surface area contributed by atoms with E-state index in [9.17, 15) is 0 Å². The van der Waals surface area contributed by atoms with Crippen molar-refractivity contribution in [3.05, 3.63) is 0 Å². The maximum absolute atomic E-state index is 5.74. The fraction of sp³-hybridized carbons (Fsp3) is 0.923. The highest BCUT2D eigenvalue weighted by atomic mass is 32.1. The number of hydrogen-bond acceptors (Lipinski definition) is 3. The lowest BCUT2D eigenvalue weighted by molar-refractivity contribution is 0.0623. The Bertz CT molecular complexity index is 221. The molecule has 0 heterocycles. The molecule has 0 saturated heterocycles. The standard InChI is InChI=1S/C13H26N2O2S/c1-2-16-10-5-8-14-13(18)15-9-11-17-12-6-3-4-7-12/h12H,2-11H2,1H3,(H2,14,15,18). The van der Waals surface area contributed by atoms with Gasteiger partial charge in [-0.05, 0) is 38.4 Å². The number of ether oxygens (including phenoxy) is 2. The van der Waals surface area contributed by atoms with Crippen molar-refractivity contribution in [2.45, 2.75) is 45.1 Å². The first-order valence-electron chi connectivity index (χ1n) is 7.04. The van der Waals surface area contributed by atoms with E-state index in [4.69, 9.17) is 21.7 Å². The summed E-state index contributed by atoms with van der Waals surface area (Å²) in [5, 5.41) is 7.02. The Morgan fingerprint density at radius 2 is 1.89 bits per heavy atom. The van der Waals surface area contributed by atoms with Crippen LogP contribution in [0.2, 0.25) is 0 Å². The maximum atomic E-state index is 5.74. The van der Waals surface area contributed by atoms with Gasteiger partial charge in [-0.15, -0.1) is 0 Å². The molecule has 1 aliphatic rings. The van der Waals surface area contributed by atoms with Crippen molar-refractivity contribution in [2.75, 3.05) is 32.9 Å². The highest BCUT2D eigenvalue weighted by Gasteiger charge is 2.14. The van der Waals surface area contributed by atoms with Gasteiger partial charge >= 0.3 is 0 Å². The van der Waals surface area contributed by atoms with E-state index >= 15 is 0 Å². The largest absolute Gasteiger partial charge is 0.382 e. The van der Waals surface area contributed by atoms with E-state index < -0.39 is 0 Å². The normalized spacial score (nSPS) is 15.8. The van der Waals surface area contributed by atoms with Crippen molar-refractivity contribution in [1.29, 1.82) is 0 Å². The lowest BCUT2D eigenvalue weighted by atomic mass is 10.3. The second-order valence-electron chi connectivity index (χ2n) is 4.51. The summed E-state index contributed by atoms with van der Waals surface area (Å²) in [6.45, 7) is 5.95. The van der Waals surface area contributed by atoms with E-state index in [0.29, 0.717) is 11.2 Å². The Kier molecular flexibility index (Phi) is 9.16. The van der Waals surface area contributed by atoms with Gasteiger partial charge in [-0.3, -0.25) is 0 Å². The summed E-state index contributed by atoms with van der Waals surface area (Å²) in [6, 6.07) is 0. The van der Waals surface area contributed by atoms with Crippen molar-refractivity contribution in [2.24, 2.45) is 0 Å². The summed E-state index contributed by atoms with van der Waals surface area (Å²) in [6.07, 6.45) is 6.55. The Morgan fingerprint density at radius 1 is 1.17 bits per heavy atom. The second-order valence-corrected chi connectivity index (χ2v) is 4.92. The lowest BCUT2D eigenvalue weighted by Gasteiger charge is -2.13. The molecule has 1 aliphatic carbocycles. The van der Waals surface area contributed by atoms with Crippen molar-refractivity contribution in [3.8, 4) is 0 Å². The third-order valence-corrected chi connectivity index (χ3v) is 3.29. The average molecular weight is 274 g/mol. The third kappa shape index (κ3) is 7.84. The molecule has 2 N–H and O–H groups in total. The molecule has 4 nitrogen and oxygen atoms in total. The second kappa shape index (κ2) is 10.5. The zero-order chi connectivity index (χ0) is 13.1. The molecule has 0 bridgehead atoms. The predicted molar refractivity (Wildman–Crippen MR) is 77.9 cm³/mol. The first-order valence-corrected chi connectivity index (χ1v) is 7.44.